The zero-order chi connectivity index (χ0) is 15.9. The summed E-state index contributed by atoms with van der Waals surface area (Å²) in [7, 11) is 0. The van der Waals surface area contributed by atoms with Gasteiger partial charge < -0.3 is 16.0 Å². The van der Waals surface area contributed by atoms with Crippen LogP contribution >= 0.6 is 11.6 Å². The van der Waals surface area contributed by atoms with E-state index < -0.39 is 5.91 Å². The van der Waals surface area contributed by atoms with Crippen LogP contribution < -0.4 is 11.1 Å². The molecule has 0 atom stereocenters. The predicted octanol–water partition coefficient (Wildman–Crippen LogP) is 1.52. The van der Waals surface area contributed by atoms with Crippen molar-refractivity contribution in [3.05, 3.63) is 28.3 Å². The number of benzene rings is 1. The quantitative estimate of drug-likeness (QED) is 0.861. The van der Waals surface area contributed by atoms with Crippen LogP contribution in [-0.2, 0) is 16.1 Å². The zero-order valence-corrected chi connectivity index (χ0v) is 12.7. The average Bonchev–Trinajstić information content (AvgIpc) is 3.25. The SMILES string of the molecule is NC(=O)CCN1Cc2c(Cl)ccc(NC(=O)C3CC3)c2C1=O. The van der Waals surface area contributed by atoms with E-state index in [-0.39, 0.29) is 30.7 Å². The van der Waals surface area contributed by atoms with E-state index in [4.69, 9.17) is 17.3 Å². The molecule has 1 heterocycles. The molecule has 1 aromatic rings. The molecule has 22 heavy (non-hydrogen) atoms. The minimum Gasteiger partial charge on any atom is -0.370 e. The fourth-order valence-corrected chi connectivity index (χ4v) is 2.77. The molecular formula is C15H16ClN3O3. The van der Waals surface area contributed by atoms with Gasteiger partial charge in [0.05, 0.1) is 11.3 Å². The first-order valence-corrected chi connectivity index (χ1v) is 7.55. The lowest BCUT2D eigenvalue weighted by molar-refractivity contribution is -0.118. The van der Waals surface area contributed by atoms with Gasteiger partial charge in [0.2, 0.25) is 11.8 Å². The normalized spacial score (nSPS) is 16.6. The number of hydrogen-bond donors (Lipinski definition) is 2. The fourth-order valence-electron chi connectivity index (χ4n) is 2.55. The van der Waals surface area contributed by atoms with E-state index in [9.17, 15) is 14.4 Å². The van der Waals surface area contributed by atoms with Gasteiger partial charge in [-0.2, -0.15) is 0 Å². The van der Waals surface area contributed by atoms with Gasteiger partial charge in [-0.3, -0.25) is 14.4 Å². The Kier molecular flexibility index (Phi) is 3.78. The summed E-state index contributed by atoms with van der Waals surface area (Å²) in [4.78, 5) is 36.9. The van der Waals surface area contributed by atoms with Gasteiger partial charge in [0.1, 0.15) is 0 Å². The summed E-state index contributed by atoms with van der Waals surface area (Å²) < 4.78 is 0. The summed E-state index contributed by atoms with van der Waals surface area (Å²) in [5.41, 5.74) is 6.72. The zero-order valence-electron chi connectivity index (χ0n) is 11.9. The highest BCUT2D eigenvalue weighted by Crippen LogP contribution is 2.36. The maximum atomic E-state index is 12.5. The number of carbonyl (C=O) groups excluding carboxylic acids is 3. The van der Waals surface area contributed by atoms with Crippen LogP contribution in [0.3, 0.4) is 0 Å². The number of nitrogens with zero attached hydrogens (tertiary/aromatic N) is 1. The van der Waals surface area contributed by atoms with Gasteiger partial charge in [-0.15, -0.1) is 0 Å². The molecule has 1 aliphatic carbocycles. The van der Waals surface area contributed by atoms with Crippen molar-refractivity contribution in [2.24, 2.45) is 11.7 Å². The van der Waals surface area contributed by atoms with Crippen molar-refractivity contribution < 1.29 is 14.4 Å². The molecule has 3 amide bonds. The Labute approximate surface area is 132 Å². The molecule has 1 fully saturated rings. The van der Waals surface area contributed by atoms with Crippen molar-refractivity contribution >= 4 is 35.0 Å². The monoisotopic (exact) mass is 321 g/mol. The number of nitrogens with one attached hydrogen (secondary N) is 1. The molecule has 0 aromatic heterocycles. The average molecular weight is 322 g/mol. The van der Waals surface area contributed by atoms with E-state index in [2.05, 4.69) is 5.32 Å². The Bertz CT molecular complexity index is 670. The summed E-state index contributed by atoms with van der Waals surface area (Å²) in [6.07, 6.45) is 1.88. The van der Waals surface area contributed by atoms with Crippen LogP contribution in [0.4, 0.5) is 5.69 Å². The van der Waals surface area contributed by atoms with Crippen molar-refractivity contribution in [1.29, 1.82) is 0 Å². The second kappa shape index (κ2) is 5.61. The number of fused-ring (bicyclic) bond motifs is 1. The summed E-state index contributed by atoms with van der Waals surface area (Å²) in [6, 6.07) is 3.32. The summed E-state index contributed by atoms with van der Waals surface area (Å²) in [5.74, 6) is -0.705. The lowest BCUT2D eigenvalue weighted by atomic mass is 10.1. The molecule has 3 N–H and O–H groups in total. The Hall–Kier alpha value is -2.08. The number of primary amides is 1. The number of anilines is 1. The fraction of sp³-hybridized carbons (Fsp3) is 0.400. The summed E-state index contributed by atoms with van der Waals surface area (Å²) in [6.45, 7) is 0.572. The molecule has 0 saturated heterocycles. The second-order valence-corrected chi connectivity index (χ2v) is 6.06. The number of halogens is 1. The molecular weight excluding hydrogens is 306 g/mol. The Morgan fingerprint density at radius 1 is 1.36 bits per heavy atom. The third-order valence-electron chi connectivity index (χ3n) is 3.94. The molecule has 7 heteroatoms. The first kappa shape index (κ1) is 14.8. The minimum atomic E-state index is -0.461. The first-order chi connectivity index (χ1) is 10.5. The van der Waals surface area contributed by atoms with Gasteiger partial charge in [0, 0.05) is 36.0 Å². The second-order valence-electron chi connectivity index (χ2n) is 5.66. The number of carbonyl (C=O) groups is 3. The van der Waals surface area contributed by atoms with Crippen molar-refractivity contribution in [1.82, 2.24) is 4.90 Å². The van der Waals surface area contributed by atoms with E-state index in [0.717, 1.165) is 12.8 Å². The Balaban J connectivity index is 1.85. The number of rotatable bonds is 5. The van der Waals surface area contributed by atoms with E-state index >= 15 is 0 Å². The standard InChI is InChI=1S/C15H16ClN3O3/c16-10-3-4-11(18-14(21)8-1-2-8)13-9(10)7-19(15(13)22)6-5-12(17)20/h3-4,8H,1-2,5-7H2,(H2,17,20)(H,18,21). The molecule has 1 aromatic carbocycles. The molecule has 0 radical (unpaired) electrons. The van der Waals surface area contributed by atoms with Crippen LogP contribution in [0.25, 0.3) is 0 Å². The molecule has 1 saturated carbocycles. The van der Waals surface area contributed by atoms with Crippen LogP contribution in [0.1, 0.15) is 35.2 Å². The maximum Gasteiger partial charge on any atom is 0.256 e. The van der Waals surface area contributed by atoms with E-state index in [1.165, 1.54) is 4.90 Å². The van der Waals surface area contributed by atoms with Crippen LogP contribution in [0.15, 0.2) is 12.1 Å². The summed E-state index contributed by atoms with van der Waals surface area (Å²) in [5, 5.41) is 3.29. The number of nitrogens with two attached hydrogens (primary N) is 1. The third-order valence-corrected chi connectivity index (χ3v) is 4.29. The molecule has 0 spiro atoms. The molecule has 2 aliphatic rings. The Morgan fingerprint density at radius 3 is 2.73 bits per heavy atom. The van der Waals surface area contributed by atoms with E-state index in [1.807, 2.05) is 0 Å². The van der Waals surface area contributed by atoms with Crippen LogP contribution in [0.5, 0.6) is 0 Å². The maximum absolute atomic E-state index is 12.5. The number of hydrogen-bond acceptors (Lipinski definition) is 3. The van der Waals surface area contributed by atoms with Crippen molar-refractivity contribution in [2.75, 3.05) is 11.9 Å². The summed E-state index contributed by atoms with van der Waals surface area (Å²) >= 11 is 6.16. The number of amides is 3. The Morgan fingerprint density at radius 2 is 2.09 bits per heavy atom. The predicted molar refractivity (Wildman–Crippen MR) is 81.4 cm³/mol. The molecule has 0 bridgehead atoms. The van der Waals surface area contributed by atoms with E-state index in [0.29, 0.717) is 28.4 Å². The molecule has 3 rings (SSSR count). The van der Waals surface area contributed by atoms with Gasteiger partial charge in [-0.05, 0) is 25.0 Å². The molecule has 6 nitrogen and oxygen atoms in total. The van der Waals surface area contributed by atoms with Crippen molar-refractivity contribution in [3.8, 4) is 0 Å². The lowest BCUT2D eigenvalue weighted by Gasteiger charge is -2.14. The van der Waals surface area contributed by atoms with Crippen molar-refractivity contribution in [3.63, 3.8) is 0 Å². The van der Waals surface area contributed by atoms with Gasteiger partial charge in [-0.25, -0.2) is 0 Å². The van der Waals surface area contributed by atoms with Crippen molar-refractivity contribution in [2.45, 2.75) is 25.8 Å². The lowest BCUT2D eigenvalue weighted by Crippen LogP contribution is -2.28. The van der Waals surface area contributed by atoms with E-state index in [1.54, 1.807) is 12.1 Å². The topological polar surface area (TPSA) is 92.5 Å². The molecule has 116 valence electrons. The molecule has 0 unspecified atom stereocenters. The smallest absolute Gasteiger partial charge is 0.256 e. The van der Waals surface area contributed by atoms with Gasteiger partial charge in [0.25, 0.3) is 5.91 Å². The third kappa shape index (κ3) is 2.78. The van der Waals surface area contributed by atoms with Gasteiger partial charge in [0.15, 0.2) is 0 Å². The van der Waals surface area contributed by atoms with Gasteiger partial charge >= 0.3 is 0 Å². The largest absolute Gasteiger partial charge is 0.370 e. The van der Waals surface area contributed by atoms with Crippen LogP contribution in [0, 0.1) is 5.92 Å². The van der Waals surface area contributed by atoms with Gasteiger partial charge in [-0.1, -0.05) is 11.6 Å². The molecule has 1 aliphatic heterocycles. The highest BCUT2D eigenvalue weighted by Gasteiger charge is 2.34. The van der Waals surface area contributed by atoms with Crippen LogP contribution in [-0.4, -0.2) is 29.2 Å². The highest BCUT2D eigenvalue weighted by molar-refractivity contribution is 6.32. The first-order valence-electron chi connectivity index (χ1n) is 7.17. The minimum absolute atomic E-state index is 0.0498. The highest BCUT2D eigenvalue weighted by atomic mass is 35.5. The van der Waals surface area contributed by atoms with Crippen LogP contribution in [0.2, 0.25) is 5.02 Å².